The molecule has 0 radical (unpaired) electrons. The van der Waals surface area contributed by atoms with Crippen molar-refractivity contribution in [3.05, 3.63) is 59.4 Å². The minimum Gasteiger partial charge on any atom is -0.334 e. The van der Waals surface area contributed by atoms with E-state index in [1.54, 1.807) is 0 Å². The highest BCUT2D eigenvalue weighted by atomic mass is 32.2. The highest BCUT2D eigenvalue weighted by Gasteiger charge is 2.31. The Hall–Kier alpha value is -2.43. The van der Waals surface area contributed by atoms with Crippen molar-refractivity contribution in [2.75, 3.05) is 5.32 Å². The van der Waals surface area contributed by atoms with Gasteiger partial charge in [-0.05, 0) is 54.2 Å². The van der Waals surface area contributed by atoms with Crippen LogP contribution in [0.2, 0.25) is 0 Å². The molecule has 0 heterocycles. The summed E-state index contributed by atoms with van der Waals surface area (Å²) in [6.45, 7) is -0.510. The summed E-state index contributed by atoms with van der Waals surface area (Å²) in [5.74, 6) is -0.920. The van der Waals surface area contributed by atoms with Gasteiger partial charge in [0.05, 0.1) is 5.56 Å². The first kappa shape index (κ1) is 20.9. The van der Waals surface area contributed by atoms with Crippen molar-refractivity contribution in [1.29, 1.82) is 0 Å². The molecule has 0 aliphatic carbocycles. The summed E-state index contributed by atoms with van der Waals surface area (Å²) in [5.41, 5.74) is -5.71. The molecule has 0 atom stereocenters. The second-order valence-electron chi connectivity index (χ2n) is 5.18. The molecule has 0 aromatic heterocycles. The number of anilines is 1. The summed E-state index contributed by atoms with van der Waals surface area (Å²) in [6, 6.07) is 5.67. The Kier molecular flexibility index (Phi) is 6.24. The van der Waals surface area contributed by atoms with E-state index in [-0.39, 0.29) is 27.9 Å². The van der Waals surface area contributed by atoms with Crippen LogP contribution in [0.15, 0.2) is 47.4 Å². The third-order valence-corrected chi connectivity index (χ3v) is 3.90. The van der Waals surface area contributed by atoms with Gasteiger partial charge in [-0.25, -0.2) is 9.18 Å². The lowest BCUT2D eigenvalue weighted by atomic mass is 10.1. The van der Waals surface area contributed by atoms with Crippen LogP contribution in [0.25, 0.3) is 0 Å². The molecule has 0 saturated heterocycles. The Morgan fingerprint density at radius 2 is 1.59 bits per heavy atom. The van der Waals surface area contributed by atoms with Gasteiger partial charge in [-0.15, -0.1) is 0 Å². The number of hydrogen-bond donors (Lipinski definition) is 2. The molecule has 3 nitrogen and oxygen atoms in total. The van der Waals surface area contributed by atoms with Crippen LogP contribution in [-0.2, 0) is 12.7 Å². The standard InChI is InChI=1S/C16H11F7N2OS/c17-13-6-1-10(15(18,19)20)7-9(13)8-24-14(26)25-11-2-4-12(5-3-11)27-16(21,22)23/h1-7H,8H2,(H2,24,25,26). The molecule has 0 aliphatic heterocycles. The number of halogens is 7. The molecule has 2 N–H and O–H groups in total. The Balaban J connectivity index is 1.95. The van der Waals surface area contributed by atoms with E-state index in [1.807, 2.05) is 0 Å². The van der Waals surface area contributed by atoms with Crippen LogP contribution in [0.3, 0.4) is 0 Å². The van der Waals surface area contributed by atoms with Crippen molar-refractivity contribution in [2.24, 2.45) is 0 Å². The number of rotatable bonds is 4. The predicted molar refractivity (Wildman–Crippen MR) is 85.6 cm³/mol. The molecule has 146 valence electrons. The average molecular weight is 412 g/mol. The second kappa shape index (κ2) is 8.07. The minimum atomic E-state index is -4.65. The fourth-order valence-corrected chi connectivity index (χ4v) is 2.52. The number of carbonyl (C=O) groups excluding carboxylic acids is 1. The number of thioether (sulfide) groups is 1. The van der Waals surface area contributed by atoms with Gasteiger partial charge in [0.25, 0.3) is 0 Å². The summed E-state index contributed by atoms with van der Waals surface area (Å²) >= 11 is -0.321. The van der Waals surface area contributed by atoms with Crippen LogP contribution in [0.4, 0.5) is 41.2 Å². The zero-order valence-corrected chi connectivity index (χ0v) is 14.0. The molecule has 0 aliphatic rings. The van der Waals surface area contributed by atoms with Gasteiger partial charge < -0.3 is 10.6 Å². The number of amides is 2. The fraction of sp³-hybridized carbons (Fsp3) is 0.188. The SMILES string of the molecule is O=C(NCc1cc(C(F)(F)F)ccc1F)Nc1ccc(SC(F)(F)F)cc1. The quantitative estimate of drug-likeness (QED) is 0.494. The molecule has 0 fully saturated rings. The fourth-order valence-electron chi connectivity index (χ4n) is 1.98. The molecular formula is C16H11F7N2OS. The molecule has 2 aromatic rings. The van der Waals surface area contributed by atoms with Gasteiger partial charge >= 0.3 is 17.7 Å². The maximum Gasteiger partial charge on any atom is 0.446 e. The van der Waals surface area contributed by atoms with E-state index in [2.05, 4.69) is 10.6 Å². The van der Waals surface area contributed by atoms with Gasteiger partial charge in [0.1, 0.15) is 5.82 Å². The van der Waals surface area contributed by atoms with E-state index in [4.69, 9.17) is 0 Å². The predicted octanol–water partition coefficient (Wildman–Crippen LogP) is 5.78. The zero-order chi connectivity index (χ0) is 20.2. The third-order valence-electron chi connectivity index (χ3n) is 3.16. The first-order valence-electron chi connectivity index (χ1n) is 7.20. The number of urea groups is 1. The average Bonchev–Trinajstić information content (AvgIpc) is 2.53. The number of alkyl halides is 6. The first-order chi connectivity index (χ1) is 12.4. The van der Waals surface area contributed by atoms with Gasteiger partial charge in [-0.3, -0.25) is 0 Å². The summed E-state index contributed by atoms with van der Waals surface area (Å²) in [5, 5.41) is 4.46. The third kappa shape index (κ3) is 6.66. The molecular weight excluding hydrogens is 401 g/mol. The summed E-state index contributed by atoms with van der Waals surface area (Å²) in [4.78, 5) is 11.7. The Labute approximate surface area is 152 Å². The molecule has 2 aromatic carbocycles. The van der Waals surface area contributed by atoms with E-state index in [0.717, 1.165) is 12.1 Å². The van der Waals surface area contributed by atoms with Crippen LogP contribution in [0, 0.1) is 5.82 Å². The molecule has 2 rings (SSSR count). The molecule has 27 heavy (non-hydrogen) atoms. The monoisotopic (exact) mass is 412 g/mol. The normalized spacial score (nSPS) is 12.0. The number of benzene rings is 2. The van der Waals surface area contributed by atoms with Crippen molar-refractivity contribution in [3.8, 4) is 0 Å². The highest BCUT2D eigenvalue weighted by Crippen LogP contribution is 2.37. The van der Waals surface area contributed by atoms with E-state index in [0.29, 0.717) is 18.2 Å². The second-order valence-corrected chi connectivity index (χ2v) is 6.32. The lowest BCUT2D eigenvalue weighted by molar-refractivity contribution is -0.137. The number of hydrogen-bond acceptors (Lipinski definition) is 2. The molecule has 0 bridgehead atoms. The zero-order valence-electron chi connectivity index (χ0n) is 13.2. The van der Waals surface area contributed by atoms with Gasteiger partial charge in [-0.2, -0.15) is 26.3 Å². The van der Waals surface area contributed by atoms with E-state index in [9.17, 15) is 35.5 Å². The van der Waals surface area contributed by atoms with Gasteiger partial charge in [0.2, 0.25) is 0 Å². The summed E-state index contributed by atoms with van der Waals surface area (Å²) in [6.07, 6.45) is -4.65. The lowest BCUT2D eigenvalue weighted by Crippen LogP contribution is -2.28. The smallest absolute Gasteiger partial charge is 0.334 e. The van der Waals surface area contributed by atoms with Crippen molar-refractivity contribution < 1.29 is 35.5 Å². The van der Waals surface area contributed by atoms with Gasteiger partial charge in [0.15, 0.2) is 0 Å². The Bertz CT molecular complexity index is 804. The highest BCUT2D eigenvalue weighted by molar-refractivity contribution is 8.00. The molecule has 2 amide bonds. The molecule has 0 spiro atoms. The molecule has 0 unspecified atom stereocenters. The number of nitrogens with one attached hydrogen (secondary N) is 2. The van der Waals surface area contributed by atoms with Crippen molar-refractivity contribution in [2.45, 2.75) is 23.1 Å². The number of carbonyl (C=O) groups is 1. The van der Waals surface area contributed by atoms with Crippen LogP contribution in [0.5, 0.6) is 0 Å². The van der Waals surface area contributed by atoms with Crippen LogP contribution in [0.1, 0.15) is 11.1 Å². The molecule has 0 saturated carbocycles. The van der Waals surface area contributed by atoms with Crippen molar-refractivity contribution in [1.82, 2.24) is 5.32 Å². The maximum absolute atomic E-state index is 13.6. The van der Waals surface area contributed by atoms with E-state index < -0.39 is 35.6 Å². The van der Waals surface area contributed by atoms with Crippen molar-refractivity contribution >= 4 is 23.5 Å². The minimum absolute atomic E-state index is 0.0838. The van der Waals surface area contributed by atoms with Crippen LogP contribution < -0.4 is 10.6 Å². The largest absolute Gasteiger partial charge is 0.446 e. The first-order valence-corrected chi connectivity index (χ1v) is 8.02. The summed E-state index contributed by atoms with van der Waals surface area (Å²) in [7, 11) is 0. The van der Waals surface area contributed by atoms with E-state index in [1.165, 1.54) is 12.1 Å². The Morgan fingerprint density at radius 1 is 0.963 bits per heavy atom. The van der Waals surface area contributed by atoms with E-state index >= 15 is 0 Å². The topological polar surface area (TPSA) is 41.1 Å². The van der Waals surface area contributed by atoms with Gasteiger partial charge in [-0.1, -0.05) is 0 Å². The lowest BCUT2D eigenvalue weighted by Gasteiger charge is -2.12. The van der Waals surface area contributed by atoms with Crippen molar-refractivity contribution in [3.63, 3.8) is 0 Å². The van der Waals surface area contributed by atoms with Crippen LogP contribution >= 0.6 is 11.8 Å². The molecule has 11 heteroatoms. The van der Waals surface area contributed by atoms with Crippen LogP contribution in [-0.4, -0.2) is 11.5 Å². The summed E-state index contributed by atoms with van der Waals surface area (Å²) < 4.78 is 88.2. The Morgan fingerprint density at radius 3 is 2.15 bits per heavy atom. The maximum atomic E-state index is 13.6. The van der Waals surface area contributed by atoms with Gasteiger partial charge in [0, 0.05) is 22.7 Å².